The molecule has 2 aromatic rings. The van der Waals surface area contributed by atoms with Gasteiger partial charge in [0.1, 0.15) is 11.5 Å². The summed E-state index contributed by atoms with van der Waals surface area (Å²) in [6.07, 6.45) is 0.775. The minimum atomic E-state index is -0.00394. The summed E-state index contributed by atoms with van der Waals surface area (Å²) in [5.41, 5.74) is 1.76. The summed E-state index contributed by atoms with van der Waals surface area (Å²) in [4.78, 5) is 11.6. The third kappa shape index (κ3) is 4.33. The van der Waals surface area contributed by atoms with E-state index in [1.807, 2.05) is 36.4 Å². The van der Waals surface area contributed by atoms with Crippen LogP contribution in [0.25, 0.3) is 0 Å². The average Bonchev–Trinajstić information content (AvgIpc) is 2.49. The molecule has 0 saturated carbocycles. The van der Waals surface area contributed by atoms with Crippen molar-refractivity contribution in [1.29, 1.82) is 0 Å². The van der Waals surface area contributed by atoms with E-state index in [-0.39, 0.29) is 5.78 Å². The molecule has 0 fully saturated rings. The minimum absolute atomic E-state index is 0.00394. The van der Waals surface area contributed by atoms with Gasteiger partial charge in [0.15, 0.2) is 5.78 Å². The molecule has 0 saturated heterocycles. The number of hydrogen-bond acceptors (Lipinski definition) is 3. The van der Waals surface area contributed by atoms with E-state index in [0.717, 1.165) is 22.2 Å². The SMILES string of the molecule is COc1ccc(CCOc2ccc(Br)cc2C(C)=O)cc1. The molecular formula is C17H17BrO3. The first-order valence-electron chi connectivity index (χ1n) is 6.66. The van der Waals surface area contributed by atoms with Crippen LogP contribution in [0.5, 0.6) is 11.5 Å². The van der Waals surface area contributed by atoms with Gasteiger partial charge in [-0.15, -0.1) is 0 Å². The lowest BCUT2D eigenvalue weighted by atomic mass is 10.1. The quantitative estimate of drug-likeness (QED) is 0.730. The van der Waals surface area contributed by atoms with Crippen LogP contribution in [0, 0.1) is 0 Å². The zero-order valence-electron chi connectivity index (χ0n) is 12.1. The van der Waals surface area contributed by atoms with Crippen molar-refractivity contribution < 1.29 is 14.3 Å². The summed E-state index contributed by atoms with van der Waals surface area (Å²) in [5.74, 6) is 1.46. The summed E-state index contributed by atoms with van der Waals surface area (Å²) >= 11 is 3.36. The van der Waals surface area contributed by atoms with Crippen LogP contribution in [0.1, 0.15) is 22.8 Å². The number of carbonyl (C=O) groups excluding carboxylic acids is 1. The highest BCUT2D eigenvalue weighted by Gasteiger charge is 2.09. The first-order valence-corrected chi connectivity index (χ1v) is 7.45. The number of methoxy groups -OCH3 is 1. The number of carbonyl (C=O) groups is 1. The Bertz CT molecular complexity index is 620. The molecule has 0 N–H and O–H groups in total. The predicted molar refractivity (Wildman–Crippen MR) is 86.3 cm³/mol. The summed E-state index contributed by atoms with van der Waals surface area (Å²) in [7, 11) is 1.65. The van der Waals surface area contributed by atoms with Crippen molar-refractivity contribution in [2.45, 2.75) is 13.3 Å². The highest BCUT2D eigenvalue weighted by molar-refractivity contribution is 9.10. The van der Waals surface area contributed by atoms with Gasteiger partial charge in [-0.25, -0.2) is 0 Å². The molecule has 0 radical (unpaired) electrons. The molecular weight excluding hydrogens is 332 g/mol. The Morgan fingerprint density at radius 1 is 1.14 bits per heavy atom. The maximum Gasteiger partial charge on any atom is 0.163 e. The molecule has 2 rings (SSSR count). The van der Waals surface area contributed by atoms with Gasteiger partial charge >= 0.3 is 0 Å². The summed E-state index contributed by atoms with van der Waals surface area (Å²) in [6, 6.07) is 13.3. The second-order valence-electron chi connectivity index (χ2n) is 4.64. The summed E-state index contributed by atoms with van der Waals surface area (Å²) in [5, 5.41) is 0. The maximum absolute atomic E-state index is 11.6. The summed E-state index contributed by atoms with van der Waals surface area (Å²) < 4.78 is 11.7. The van der Waals surface area contributed by atoms with Crippen LogP contribution in [0.4, 0.5) is 0 Å². The Labute approximate surface area is 133 Å². The molecule has 3 nitrogen and oxygen atoms in total. The van der Waals surface area contributed by atoms with Crippen LogP contribution in [-0.2, 0) is 6.42 Å². The zero-order chi connectivity index (χ0) is 15.2. The molecule has 21 heavy (non-hydrogen) atoms. The van der Waals surface area contributed by atoms with Gasteiger partial charge in [0, 0.05) is 10.9 Å². The Kier molecular flexibility index (Phi) is 5.39. The number of rotatable bonds is 6. The van der Waals surface area contributed by atoms with Crippen LogP contribution >= 0.6 is 15.9 Å². The van der Waals surface area contributed by atoms with Gasteiger partial charge < -0.3 is 9.47 Å². The Hall–Kier alpha value is -1.81. The van der Waals surface area contributed by atoms with Gasteiger partial charge in [0.2, 0.25) is 0 Å². The lowest BCUT2D eigenvalue weighted by Crippen LogP contribution is -2.05. The fraction of sp³-hybridized carbons (Fsp3) is 0.235. The molecule has 4 heteroatoms. The molecule has 0 aliphatic rings. The van der Waals surface area contributed by atoms with Crippen LogP contribution in [0.15, 0.2) is 46.9 Å². The zero-order valence-corrected chi connectivity index (χ0v) is 13.6. The topological polar surface area (TPSA) is 35.5 Å². The van der Waals surface area contributed by atoms with Crippen molar-refractivity contribution >= 4 is 21.7 Å². The molecule has 0 bridgehead atoms. The first kappa shape index (κ1) is 15.6. The average molecular weight is 349 g/mol. The third-order valence-corrected chi connectivity index (χ3v) is 3.62. The fourth-order valence-electron chi connectivity index (χ4n) is 1.97. The van der Waals surface area contributed by atoms with Crippen molar-refractivity contribution in [1.82, 2.24) is 0 Å². The minimum Gasteiger partial charge on any atom is -0.497 e. The standard InChI is InChI=1S/C17H17BrO3/c1-12(19)16-11-14(18)5-8-17(16)21-10-9-13-3-6-15(20-2)7-4-13/h3-8,11H,9-10H2,1-2H3. The molecule has 110 valence electrons. The predicted octanol–water partition coefficient (Wildman–Crippen LogP) is 4.28. The van der Waals surface area contributed by atoms with Gasteiger partial charge in [-0.2, -0.15) is 0 Å². The van der Waals surface area contributed by atoms with Crippen LogP contribution in [-0.4, -0.2) is 19.5 Å². The highest BCUT2D eigenvalue weighted by atomic mass is 79.9. The van der Waals surface area contributed by atoms with Crippen molar-refractivity contribution in [3.05, 3.63) is 58.1 Å². The lowest BCUT2D eigenvalue weighted by molar-refractivity contribution is 0.101. The molecule has 0 aliphatic heterocycles. The van der Waals surface area contributed by atoms with E-state index >= 15 is 0 Å². The number of hydrogen-bond donors (Lipinski definition) is 0. The number of benzene rings is 2. The Morgan fingerprint density at radius 3 is 2.48 bits per heavy atom. The van der Waals surface area contributed by atoms with Gasteiger partial charge in [-0.05, 0) is 42.8 Å². The van der Waals surface area contributed by atoms with E-state index < -0.39 is 0 Å². The van der Waals surface area contributed by atoms with Gasteiger partial charge in [0.25, 0.3) is 0 Å². The van der Waals surface area contributed by atoms with Gasteiger partial charge in [-0.1, -0.05) is 28.1 Å². The van der Waals surface area contributed by atoms with E-state index in [4.69, 9.17) is 9.47 Å². The van der Waals surface area contributed by atoms with E-state index in [1.54, 1.807) is 13.2 Å². The van der Waals surface area contributed by atoms with Crippen molar-refractivity contribution in [3.63, 3.8) is 0 Å². The molecule has 0 aliphatic carbocycles. The fourth-order valence-corrected chi connectivity index (χ4v) is 2.34. The normalized spacial score (nSPS) is 10.2. The molecule has 0 unspecified atom stereocenters. The van der Waals surface area contributed by atoms with E-state index in [0.29, 0.717) is 17.9 Å². The first-order chi connectivity index (χ1) is 10.1. The number of Topliss-reactive ketones (excluding diaryl/α,β-unsaturated/α-hetero) is 1. The molecule has 2 aromatic carbocycles. The molecule has 0 aromatic heterocycles. The number of ether oxygens (including phenoxy) is 2. The number of ketones is 1. The van der Waals surface area contributed by atoms with E-state index in [2.05, 4.69) is 15.9 Å². The van der Waals surface area contributed by atoms with Crippen LogP contribution in [0.2, 0.25) is 0 Å². The van der Waals surface area contributed by atoms with E-state index in [9.17, 15) is 4.79 Å². The molecule has 0 atom stereocenters. The van der Waals surface area contributed by atoms with Crippen LogP contribution < -0.4 is 9.47 Å². The van der Waals surface area contributed by atoms with Gasteiger partial charge in [0.05, 0.1) is 19.3 Å². The van der Waals surface area contributed by atoms with Crippen molar-refractivity contribution in [3.8, 4) is 11.5 Å². The molecule has 0 amide bonds. The van der Waals surface area contributed by atoms with Crippen molar-refractivity contribution in [2.75, 3.05) is 13.7 Å². The van der Waals surface area contributed by atoms with Gasteiger partial charge in [-0.3, -0.25) is 4.79 Å². The second kappa shape index (κ2) is 7.27. The third-order valence-electron chi connectivity index (χ3n) is 3.13. The summed E-state index contributed by atoms with van der Waals surface area (Å²) in [6.45, 7) is 2.06. The monoisotopic (exact) mass is 348 g/mol. The Morgan fingerprint density at radius 2 is 1.86 bits per heavy atom. The number of halogens is 1. The smallest absolute Gasteiger partial charge is 0.163 e. The Balaban J connectivity index is 1.98. The van der Waals surface area contributed by atoms with E-state index in [1.165, 1.54) is 6.92 Å². The largest absolute Gasteiger partial charge is 0.497 e. The molecule has 0 heterocycles. The van der Waals surface area contributed by atoms with Crippen molar-refractivity contribution in [2.24, 2.45) is 0 Å². The highest BCUT2D eigenvalue weighted by Crippen LogP contribution is 2.24. The van der Waals surface area contributed by atoms with Crippen LogP contribution in [0.3, 0.4) is 0 Å². The maximum atomic E-state index is 11.6. The second-order valence-corrected chi connectivity index (χ2v) is 5.56. The lowest BCUT2D eigenvalue weighted by Gasteiger charge is -2.10. The molecule has 0 spiro atoms.